The number of rotatable bonds is 5. The molecule has 8 nitrogen and oxygen atoms in total. The van der Waals surface area contributed by atoms with E-state index in [0.717, 1.165) is 5.56 Å². The molecule has 148 valence electrons. The van der Waals surface area contributed by atoms with Crippen LogP contribution in [0.1, 0.15) is 6.92 Å². The van der Waals surface area contributed by atoms with Crippen LogP contribution < -0.4 is 11.0 Å². The van der Waals surface area contributed by atoms with Gasteiger partial charge in [0.25, 0.3) is 0 Å². The van der Waals surface area contributed by atoms with E-state index in [9.17, 15) is 9.59 Å². The number of nitrogens with one attached hydrogen (secondary N) is 3. The minimum Gasteiger partial charge on any atom is -0.325 e. The van der Waals surface area contributed by atoms with Gasteiger partial charge in [0.1, 0.15) is 0 Å². The fourth-order valence-electron chi connectivity index (χ4n) is 2.86. The summed E-state index contributed by atoms with van der Waals surface area (Å²) in [7, 11) is 1.84. The van der Waals surface area contributed by atoms with E-state index in [1.54, 1.807) is 31.2 Å². The first-order chi connectivity index (χ1) is 13.9. The lowest BCUT2D eigenvalue weighted by Crippen LogP contribution is -2.22. The first-order valence-corrected chi connectivity index (χ1v) is 10.0. The van der Waals surface area contributed by atoms with Crippen molar-refractivity contribution in [3.8, 4) is 11.4 Å². The Morgan fingerprint density at radius 1 is 1.17 bits per heavy atom. The normalized spacial score (nSPS) is 12.2. The summed E-state index contributed by atoms with van der Waals surface area (Å²) in [6.07, 6.45) is 0. The van der Waals surface area contributed by atoms with Crippen LogP contribution in [0.4, 0.5) is 5.69 Å². The van der Waals surface area contributed by atoms with E-state index in [4.69, 9.17) is 11.6 Å². The number of thioether (sulfide) groups is 1. The lowest BCUT2D eigenvalue weighted by atomic mass is 10.2. The Balaban J connectivity index is 1.48. The third-order valence-electron chi connectivity index (χ3n) is 4.38. The molecule has 0 bridgehead atoms. The Morgan fingerprint density at radius 3 is 2.72 bits per heavy atom. The molecule has 2 aromatic carbocycles. The van der Waals surface area contributed by atoms with Crippen LogP contribution in [0.25, 0.3) is 22.4 Å². The molecule has 4 aromatic rings. The number of fused-ring (bicyclic) bond motifs is 1. The molecule has 1 amide bonds. The monoisotopic (exact) mass is 428 g/mol. The fourth-order valence-corrected chi connectivity index (χ4v) is 3.90. The Kier molecular flexibility index (Phi) is 5.16. The number of H-pyrrole nitrogens is 2. The number of hydrogen-bond donors (Lipinski definition) is 3. The minimum absolute atomic E-state index is 0.186. The molecule has 0 spiro atoms. The number of amides is 1. The lowest BCUT2D eigenvalue weighted by molar-refractivity contribution is -0.115. The Morgan fingerprint density at radius 2 is 1.93 bits per heavy atom. The van der Waals surface area contributed by atoms with E-state index in [2.05, 4.69) is 25.5 Å². The first kappa shape index (κ1) is 19.3. The number of imidazole rings is 1. The number of carbonyl (C=O) groups excluding carboxylic acids is 1. The zero-order valence-electron chi connectivity index (χ0n) is 15.6. The summed E-state index contributed by atoms with van der Waals surface area (Å²) in [5.41, 5.74) is 2.40. The number of anilines is 1. The summed E-state index contributed by atoms with van der Waals surface area (Å²) in [5.74, 6) is 0.446. The molecule has 4 rings (SSSR count). The highest BCUT2D eigenvalue weighted by Gasteiger charge is 2.20. The maximum Gasteiger partial charge on any atom is 0.323 e. The van der Waals surface area contributed by atoms with Crippen molar-refractivity contribution in [2.75, 3.05) is 5.32 Å². The van der Waals surface area contributed by atoms with E-state index < -0.39 is 5.25 Å². The van der Waals surface area contributed by atoms with Gasteiger partial charge in [-0.2, -0.15) is 0 Å². The highest BCUT2D eigenvalue weighted by Crippen LogP contribution is 2.30. The predicted octanol–water partition coefficient (Wildman–Crippen LogP) is 3.42. The predicted molar refractivity (Wildman–Crippen MR) is 114 cm³/mol. The number of hydrogen-bond acceptors (Lipinski definition) is 5. The van der Waals surface area contributed by atoms with Crippen molar-refractivity contribution in [2.24, 2.45) is 7.05 Å². The van der Waals surface area contributed by atoms with Crippen molar-refractivity contribution >= 4 is 46.0 Å². The molecule has 3 N–H and O–H groups in total. The van der Waals surface area contributed by atoms with E-state index in [-0.39, 0.29) is 11.6 Å². The highest BCUT2D eigenvalue weighted by molar-refractivity contribution is 8.00. The number of aromatic amines is 2. The van der Waals surface area contributed by atoms with Crippen LogP contribution in [0, 0.1) is 0 Å². The number of carbonyl (C=O) groups is 1. The van der Waals surface area contributed by atoms with E-state index in [1.807, 2.05) is 29.8 Å². The van der Waals surface area contributed by atoms with Crippen molar-refractivity contribution in [1.82, 2.24) is 24.7 Å². The van der Waals surface area contributed by atoms with Gasteiger partial charge in [0.15, 0.2) is 11.0 Å². The summed E-state index contributed by atoms with van der Waals surface area (Å²) >= 11 is 7.55. The summed E-state index contributed by atoms with van der Waals surface area (Å²) in [6, 6.07) is 12.6. The Bertz CT molecular complexity index is 1260. The molecular formula is C19H17ClN6O2S. The number of nitrogens with zero attached hydrogens (tertiary/aromatic N) is 3. The second-order valence-electron chi connectivity index (χ2n) is 6.43. The fraction of sp³-hybridized carbons (Fsp3) is 0.158. The molecule has 0 aliphatic rings. The van der Waals surface area contributed by atoms with Crippen LogP contribution >= 0.6 is 23.4 Å². The summed E-state index contributed by atoms with van der Waals surface area (Å²) in [5, 5.41) is 12.0. The highest BCUT2D eigenvalue weighted by atomic mass is 35.5. The van der Waals surface area contributed by atoms with Crippen LogP contribution in [0.3, 0.4) is 0 Å². The molecule has 29 heavy (non-hydrogen) atoms. The van der Waals surface area contributed by atoms with Crippen LogP contribution in [0.2, 0.25) is 5.02 Å². The standard InChI is InChI=1S/C19H17ClN6O2S/c1-10(17(27)21-11-7-8-14-15(9-11)23-18(28)22-14)29-19-25-24-16(26(19)2)12-5-3-4-6-13(12)20/h3-10H,1-2H3,(H,21,27)(H2,22,23,28). The molecule has 2 aromatic heterocycles. The molecule has 0 aliphatic heterocycles. The van der Waals surface area contributed by atoms with Gasteiger partial charge in [0.2, 0.25) is 5.91 Å². The molecule has 1 unspecified atom stereocenters. The topological polar surface area (TPSA) is 108 Å². The third-order valence-corrected chi connectivity index (χ3v) is 5.85. The Labute approximate surface area is 174 Å². The molecule has 0 fully saturated rings. The van der Waals surface area contributed by atoms with Crippen molar-refractivity contribution < 1.29 is 4.79 Å². The zero-order chi connectivity index (χ0) is 20.5. The maximum atomic E-state index is 12.6. The molecular weight excluding hydrogens is 412 g/mol. The van der Waals surface area contributed by atoms with Crippen molar-refractivity contribution in [3.05, 3.63) is 58.0 Å². The second kappa shape index (κ2) is 7.76. The zero-order valence-corrected chi connectivity index (χ0v) is 17.1. The smallest absolute Gasteiger partial charge is 0.323 e. The van der Waals surface area contributed by atoms with Crippen LogP contribution in [-0.4, -0.2) is 35.9 Å². The second-order valence-corrected chi connectivity index (χ2v) is 8.15. The molecule has 0 aliphatic carbocycles. The van der Waals surface area contributed by atoms with Crippen molar-refractivity contribution in [1.29, 1.82) is 0 Å². The quantitative estimate of drug-likeness (QED) is 0.422. The van der Waals surface area contributed by atoms with E-state index in [1.165, 1.54) is 11.8 Å². The van der Waals surface area contributed by atoms with Gasteiger partial charge in [-0.3, -0.25) is 4.79 Å². The molecule has 1 atom stereocenters. The molecule has 0 radical (unpaired) electrons. The van der Waals surface area contributed by atoms with Gasteiger partial charge in [-0.05, 0) is 37.3 Å². The molecule has 10 heteroatoms. The van der Waals surface area contributed by atoms with Gasteiger partial charge in [0, 0.05) is 18.3 Å². The number of aromatic nitrogens is 5. The van der Waals surface area contributed by atoms with Gasteiger partial charge < -0.3 is 19.9 Å². The van der Waals surface area contributed by atoms with Crippen LogP contribution in [-0.2, 0) is 11.8 Å². The molecule has 0 saturated heterocycles. The largest absolute Gasteiger partial charge is 0.325 e. The van der Waals surface area contributed by atoms with Crippen molar-refractivity contribution in [2.45, 2.75) is 17.3 Å². The van der Waals surface area contributed by atoms with E-state index >= 15 is 0 Å². The minimum atomic E-state index is -0.419. The van der Waals surface area contributed by atoms with E-state index in [0.29, 0.717) is 32.7 Å². The first-order valence-electron chi connectivity index (χ1n) is 8.76. The van der Waals surface area contributed by atoms with Gasteiger partial charge in [-0.25, -0.2) is 4.79 Å². The number of benzene rings is 2. The Hall–Kier alpha value is -3.04. The summed E-state index contributed by atoms with van der Waals surface area (Å²) in [6.45, 7) is 1.79. The molecule has 0 saturated carbocycles. The van der Waals surface area contributed by atoms with Crippen LogP contribution in [0.5, 0.6) is 0 Å². The van der Waals surface area contributed by atoms with Gasteiger partial charge in [0.05, 0.1) is 21.3 Å². The maximum absolute atomic E-state index is 12.6. The summed E-state index contributed by atoms with van der Waals surface area (Å²) < 4.78 is 1.81. The lowest BCUT2D eigenvalue weighted by Gasteiger charge is -2.12. The molecule has 2 heterocycles. The average Bonchev–Trinajstić information content (AvgIpc) is 3.23. The average molecular weight is 429 g/mol. The van der Waals surface area contributed by atoms with Gasteiger partial charge in [-0.15, -0.1) is 10.2 Å². The van der Waals surface area contributed by atoms with Crippen molar-refractivity contribution in [3.63, 3.8) is 0 Å². The summed E-state index contributed by atoms with van der Waals surface area (Å²) in [4.78, 5) is 29.3. The SMILES string of the molecule is CC(Sc1nnc(-c2ccccc2Cl)n1C)C(=O)Nc1ccc2[nH]c(=O)[nH]c2c1. The van der Waals surface area contributed by atoms with Gasteiger partial charge in [-0.1, -0.05) is 35.5 Å². The number of halogens is 1. The third kappa shape index (κ3) is 3.92. The van der Waals surface area contributed by atoms with Crippen LogP contribution in [0.15, 0.2) is 52.4 Å². The van der Waals surface area contributed by atoms with Gasteiger partial charge >= 0.3 is 5.69 Å².